The SMILES string of the molecule is COCC(=O)Nc1cccc(NC2CCSCC2)c1. The van der Waals surface area contributed by atoms with Crippen LogP contribution in [0.1, 0.15) is 12.8 Å². The summed E-state index contributed by atoms with van der Waals surface area (Å²) in [5.74, 6) is 2.32. The molecule has 1 aromatic rings. The Kier molecular flexibility index (Phi) is 5.54. The molecule has 1 amide bonds. The van der Waals surface area contributed by atoms with Crippen molar-refractivity contribution < 1.29 is 9.53 Å². The second-order valence-corrected chi connectivity index (χ2v) is 5.82. The van der Waals surface area contributed by atoms with E-state index in [0.717, 1.165) is 11.4 Å². The first-order valence-corrected chi connectivity index (χ1v) is 7.66. The van der Waals surface area contributed by atoms with Gasteiger partial charge in [-0.3, -0.25) is 4.79 Å². The maximum Gasteiger partial charge on any atom is 0.250 e. The average Bonchev–Trinajstić information content (AvgIpc) is 2.40. The molecule has 5 heteroatoms. The lowest BCUT2D eigenvalue weighted by molar-refractivity contribution is -0.119. The van der Waals surface area contributed by atoms with Crippen molar-refractivity contribution in [2.75, 3.05) is 35.9 Å². The molecule has 1 aromatic carbocycles. The van der Waals surface area contributed by atoms with Gasteiger partial charge in [0.05, 0.1) is 0 Å². The van der Waals surface area contributed by atoms with Crippen LogP contribution in [0.3, 0.4) is 0 Å². The van der Waals surface area contributed by atoms with Gasteiger partial charge in [-0.25, -0.2) is 0 Å². The minimum Gasteiger partial charge on any atom is -0.382 e. The third-order valence-electron chi connectivity index (χ3n) is 3.01. The van der Waals surface area contributed by atoms with Crippen LogP contribution >= 0.6 is 11.8 Å². The molecule has 1 fully saturated rings. The van der Waals surface area contributed by atoms with Gasteiger partial charge in [0.2, 0.25) is 5.91 Å². The molecular weight excluding hydrogens is 260 g/mol. The third kappa shape index (κ3) is 4.76. The van der Waals surface area contributed by atoms with E-state index in [1.165, 1.54) is 31.5 Å². The number of amides is 1. The zero-order valence-corrected chi connectivity index (χ0v) is 12.0. The van der Waals surface area contributed by atoms with Crippen molar-refractivity contribution in [2.24, 2.45) is 0 Å². The van der Waals surface area contributed by atoms with Crippen LogP contribution < -0.4 is 10.6 Å². The second-order valence-electron chi connectivity index (χ2n) is 4.59. The Morgan fingerprint density at radius 2 is 2.11 bits per heavy atom. The molecule has 0 radical (unpaired) electrons. The molecule has 0 spiro atoms. The van der Waals surface area contributed by atoms with Gasteiger partial charge < -0.3 is 15.4 Å². The third-order valence-corrected chi connectivity index (χ3v) is 4.06. The lowest BCUT2D eigenvalue weighted by atomic mass is 10.1. The molecule has 0 bridgehead atoms. The molecule has 0 atom stereocenters. The van der Waals surface area contributed by atoms with Gasteiger partial charge >= 0.3 is 0 Å². The summed E-state index contributed by atoms with van der Waals surface area (Å²) in [6, 6.07) is 8.38. The predicted molar refractivity (Wildman–Crippen MR) is 80.9 cm³/mol. The zero-order valence-electron chi connectivity index (χ0n) is 11.1. The number of nitrogens with one attached hydrogen (secondary N) is 2. The topological polar surface area (TPSA) is 50.4 Å². The van der Waals surface area contributed by atoms with Crippen molar-refractivity contribution in [3.63, 3.8) is 0 Å². The second kappa shape index (κ2) is 7.40. The summed E-state index contributed by atoms with van der Waals surface area (Å²) < 4.78 is 4.80. The van der Waals surface area contributed by atoms with Crippen molar-refractivity contribution in [2.45, 2.75) is 18.9 Å². The molecule has 2 N–H and O–H groups in total. The first-order chi connectivity index (χ1) is 9.28. The van der Waals surface area contributed by atoms with E-state index in [9.17, 15) is 4.79 Å². The molecule has 19 heavy (non-hydrogen) atoms. The molecule has 2 rings (SSSR count). The molecule has 0 aromatic heterocycles. The first-order valence-electron chi connectivity index (χ1n) is 6.51. The minimum absolute atomic E-state index is 0.0809. The number of ether oxygens (including phenoxy) is 1. The summed E-state index contributed by atoms with van der Waals surface area (Å²) in [5, 5.41) is 6.34. The molecule has 0 saturated carbocycles. The van der Waals surface area contributed by atoms with Crippen LogP contribution in [0.25, 0.3) is 0 Å². The Hall–Kier alpha value is -1.20. The van der Waals surface area contributed by atoms with Gasteiger partial charge in [-0.05, 0) is 42.5 Å². The van der Waals surface area contributed by atoms with E-state index in [2.05, 4.69) is 10.6 Å². The highest BCUT2D eigenvalue weighted by atomic mass is 32.2. The van der Waals surface area contributed by atoms with E-state index in [0.29, 0.717) is 6.04 Å². The Bertz CT molecular complexity index is 420. The number of methoxy groups -OCH3 is 1. The molecule has 1 saturated heterocycles. The van der Waals surface area contributed by atoms with Crippen molar-refractivity contribution in [3.8, 4) is 0 Å². The van der Waals surface area contributed by atoms with Crippen LogP contribution in [0.5, 0.6) is 0 Å². The summed E-state index contributed by atoms with van der Waals surface area (Å²) in [5.41, 5.74) is 1.87. The van der Waals surface area contributed by atoms with E-state index in [1.807, 2.05) is 36.0 Å². The Labute approximate surface area is 118 Å². The van der Waals surface area contributed by atoms with Crippen molar-refractivity contribution >= 4 is 29.0 Å². The van der Waals surface area contributed by atoms with Crippen LogP contribution in [0, 0.1) is 0 Å². The number of hydrogen-bond donors (Lipinski definition) is 2. The molecule has 1 aliphatic rings. The molecule has 1 heterocycles. The van der Waals surface area contributed by atoms with Gasteiger partial charge in [-0.2, -0.15) is 11.8 Å². The van der Waals surface area contributed by atoms with E-state index in [4.69, 9.17) is 4.74 Å². The Morgan fingerprint density at radius 1 is 1.37 bits per heavy atom. The van der Waals surface area contributed by atoms with Crippen molar-refractivity contribution in [1.29, 1.82) is 0 Å². The number of rotatable bonds is 5. The quantitative estimate of drug-likeness (QED) is 0.870. The zero-order chi connectivity index (χ0) is 13.5. The standard InChI is InChI=1S/C14H20N2O2S/c1-18-10-14(17)16-13-4-2-3-12(9-13)15-11-5-7-19-8-6-11/h2-4,9,11,15H,5-8,10H2,1H3,(H,16,17). The van der Waals surface area contributed by atoms with Crippen LogP contribution in [-0.4, -0.2) is 37.2 Å². The van der Waals surface area contributed by atoms with Gasteiger partial charge in [-0.1, -0.05) is 6.07 Å². The maximum absolute atomic E-state index is 11.5. The lowest BCUT2D eigenvalue weighted by Gasteiger charge is -2.23. The highest BCUT2D eigenvalue weighted by Gasteiger charge is 2.13. The molecule has 4 nitrogen and oxygen atoms in total. The highest BCUT2D eigenvalue weighted by molar-refractivity contribution is 7.99. The number of anilines is 2. The van der Waals surface area contributed by atoms with E-state index >= 15 is 0 Å². The highest BCUT2D eigenvalue weighted by Crippen LogP contribution is 2.22. The van der Waals surface area contributed by atoms with Crippen LogP contribution in [0.2, 0.25) is 0 Å². The molecule has 104 valence electrons. The molecule has 0 unspecified atom stereocenters. The van der Waals surface area contributed by atoms with Crippen molar-refractivity contribution in [3.05, 3.63) is 24.3 Å². The first kappa shape index (κ1) is 14.2. The number of hydrogen-bond acceptors (Lipinski definition) is 4. The fraction of sp³-hybridized carbons (Fsp3) is 0.500. The number of thioether (sulfide) groups is 1. The lowest BCUT2D eigenvalue weighted by Crippen LogP contribution is -2.24. The number of carbonyl (C=O) groups excluding carboxylic acids is 1. The average molecular weight is 280 g/mol. The normalized spacial score (nSPS) is 16.1. The Morgan fingerprint density at radius 3 is 2.84 bits per heavy atom. The predicted octanol–water partition coefficient (Wildman–Crippen LogP) is 2.58. The number of carbonyl (C=O) groups is 1. The van der Waals surface area contributed by atoms with Crippen molar-refractivity contribution in [1.82, 2.24) is 0 Å². The fourth-order valence-corrected chi connectivity index (χ4v) is 3.20. The van der Waals surface area contributed by atoms with Crippen LogP contribution in [0.15, 0.2) is 24.3 Å². The minimum atomic E-state index is -0.131. The van der Waals surface area contributed by atoms with Gasteiger partial charge in [0.1, 0.15) is 6.61 Å². The van der Waals surface area contributed by atoms with Gasteiger partial charge in [-0.15, -0.1) is 0 Å². The molecule has 1 aliphatic heterocycles. The summed E-state index contributed by atoms with van der Waals surface area (Å²) >= 11 is 2.02. The smallest absolute Gasteiger partial charge is 0.250 e. The van der Waals surface area contributed by atoms with Gasteiger partial charge in [0.25, 0.3) is 0 Å². The molecule has 0 aliphatic carbocycles. The molecular formula is C14H20N2O2S. The van der Waals surface area contributed by atoms with Crippen LogP contribution in [0.4, 0.5) is 11.4 Å². The van der Waals surface area contributed by atoms with Gasteiger partial charge in [0.15, 0.2) is 0 Å². The summed E-state index contributed by atoms with van der Waals surface area (Å²) in [6.07, 6.45) is 2.40. The number of benzene rings is 1. The monoisotopic (exact) mass is 280 g/mol. The largest absolute Gasteiger partial charge is 0.382 e. The summed E-state index contributed by atoms with van der Waals surface area (Å²) in [4.78, 5) is 11.5. The summed E-state index contributed by atoms with van der Waals surface area (Å²) in [7, 11) is 1.51. The van der Waals surface area contributed by atoms with E-state index < -0.39 is 0 Å². The summed E-state index contributed by atoms with van der Waals surface area (Å²) in [6.45, 7) is 0.0809. The fourth-order valence-electron chi connectivity index (χ4n) is 2.09. The maximum atomic E-state index is 11.5. The van der Waals surface area contributed by atoms with Crippen LogP contribution in [-0.2, 0) is 9.53 Å². The van der Waals surface area contributed by atoms with Gasteiger partial charge in [0, 0.05) is 24.5 Å². The Balaban J connectivity index is 1.92. The van der Waals surface area contributed by atoms with E-state index in [1.54, 1.807) is 0 Å². The van der Waals surface area contributed by atoms with E-state index in [-0.39, 0.29) is 12.5 Å².